The van der Waals surface area contributed by atoms with E-state index in [4.69, 9.17) is 0 Å². The molecule has 0 radical (unpaired) electrons. The number of hydrogen-bond acceptors (Lipinski definition) is 1. The van der Waals surface area contributed by atoms with Gasteiger partial charge in [0.25, 0.3) is 0 Å². The highest BCUT2D eigenvalue weighted by molar-refractivity contribution is 5.98. The molecule has 92 valence electrons. The third-order valence-corrected chi connectivity index (χ3v) is 3.39. The SMILES string of the molecule is O=C1CCCc2cn(Cc3ccc(F)cc3)cc21. The maximum atomic E-state index is 12.8. The number of carbonyl (C=O) groups is 1. The first-order valence-electron chi connectivity index (χ1n) is 6.19. The average molecular weight is 243 g/mol. The van der Waals surface area contributed by atoms with E-state index in [9.17, 15) is 9.18 Å². The van der Waals surface area contributed by atoms with E-state index < -0.39 is 0 Å². The summed E-state index contributed by atoms with van der Waals surface area (Å²) in [5, 5.41) is 0. The number of benzene rings is 1. The number of hydrogen-bond donors (Lipinski definition) is 0. The van der Waals surface area contributed by atoms with Crippen LogP contribution in [0.1, 0.15) is 34.3 Å². The van der Waals surface area contributed by atoms with Gasteiger partial charge in [-0.05, 0) is 36.1 Å². The molecule has 2 nitrogen and oxygen atoms in total. The summed E-state index contributed by atoms with van der Waals surface area (Å²) in [6.07, 6.45) is 6.55. The van der Waals surface area contributed by atoms with Gasteiger partial charge in [0.05, 0.1) is 0 Å². The van der Waals surface area contributed by atoms with Crippen molar-refractivity contribution in [2.75, 3.05) is 0 Å². The number of Topliss-reactive ketones (excluding diaryl/α,β-unsaturated/α-hetero) is 1. The fourth-order valence-corrected chi connectivity index (χ4v) is 2.47. The van der Waals surface area contributed by atoms with Gasteiger partial charge in [-0.2, -0.15) is 0 Å². The molecule has 0 fully saturated rings. The Kier molecular flexibility index (Phi) is 2.74. The van der Waals surface area contributed by atoms with Crippen molar-refractivity contribution in [2.24, 2.45) is 0 Å². The number of ketones is 1. The van der Waals surface area contributed by atoms with Crippen molar-refractivity contribution in [1.82, 2.24) is 4.57 Å². The Morgan fingerprint density at radius 2 is 1.89 bits per heavy atom. The molecule has 0 unspecified atom stereocenters. The molecule has 0 saturated heterocycles. The van der Waals surface area contributed by atoms with Gasteiger partial charge < -0.3 is 4.57 Å². The van der Waals surface area contributed by atoms with Crippen LogP contribution in [0.2, 0.25) is 0 Å². The highest BCUT2D eigenvalue weighted by Crippen LogP contribution is 2.22. The highest BCUT2D eigenvalue weighted by Gasteiger charge is 2.18. The summed E-state index contributed by atoms with van der Waals surface area (Å²) in [5.74, 6) is 0.0230. The lowest BCUT2D eigenvalue weighted by Gasteiger charge is -2.07. The summed E-state index contributed by atoms with van der Waals surface area (Å²) >= 11 is 0. The van der Waals surface area contributed by atoms with Crippen molar-refractivity contribution < 1.29 is 9.18 Å². The fraction of sp³-hybridized carbons (Fsp3) is 0.267. The largest absolute Gasteiger partial charge is 0.349 e. The Bertz CT molecular complexity index is 583. The van der Waals surface area contributed by atoms with Gasteiger partial charge in [-0.3, -0.25) is 4.79 Å². The molecule has 0 amide bonds. The van der Waals surface area contributed by atoms with Crippen LogP contribution < -0.4 is 0 Å². The van der Waals surface area contributed by atoms with E-state index in [1.165, 1.54) is 12.1 Å². The molecule has 1 aromatic heterocycles. The Hall–Kier alpha value is -1.90. The van der Waals surface area contributed by atoms with Crippen LogP contribution in [0, 0.1) is 5.82 Å². The van der Waals surface area contributed by atoms with E-state index in [-0.39, 0.29) is 11.6 Å². The van der Waals surface area contributed by atoms with Gasteiger partial charge in [-0.25, -0.2) is 4.39 Å². The first kappa shape index (κ1) is 11.2. The molecule has 1 heterocycles. The minimum atomic E-state index is -0.222. The van der Waals surface area contributed by atoms with Crippen molar-refractivity contribution in [2.45, 2.75) is 25.8 Å². The second kappa shape index (κ2) is 4.41. The van der Waals surface area contributed by atoms with Crippen molar-refractivity contribution in [3.8, 4) is 0 Å². The van der Waals surface area contributed by atoms with E-state index in [1.54, 1.807) is 12.1 Å². The normalized spacial score (nSPS) is 14.6. The standard InChI is InChI=1S/C15H14FNO/c16-13-6-4-11(5-7-13)8-17-9-12-2-1-3-15(18)14(12)10-17/h4-7,9-10H,1-3,8H2. The number of fused-ring (bicyclic) bond motifs is 1. The van der Waals surface area contributed by atoms with E-state index in [0.29, 0.717) is 13.0 Å². The number of rotatable bonds is 2. The molecule has 1 aliphatic rings. The third-order valence-electron chi connectivity index (χ3n) is 3.39. The molecule has 0 aliphatic heterocycles. The molecule has 1 aromatic carbocycles. The van der Waals surface area contributed by atoms with Crippen molar-refractivity contribution in [1.29, 1.82) is 0 Å². The van der Waals surface area contributed by atoms with Crippen LogP contribution in [-0.2, 0) is 13.0 Å². The van der Waals surface area contributed by atoms with Crippen molar-refractivity contribution >= 4 is 5.78 Å². The summed E-state index contributed by atoms with van der Waals surface area (Å²) in [4.78, 5) is 11.7. The van der Waals surface area contributed by atoms with Gasteiger partial charge in [0.15, 0.2) is 5.78 Å². The van der Waals surface area contributed by atoms with Gasteiger partial charge in [-0.1, -0.05) is 12.1 Å². The molecule has 0 spiro atoms. The van der Waals surface area contributed by atoms with Crippen molar-refractivity contribution in [3.63, 3.8) is 0 Å². The maximum absolute atomic E-state index is 12.8. The summed E-state index contributed by atoms with van der Waals surface area (Å²) in [5.41, 5.74) is 3.05. The molecular formula is C15H14FNO. The Morgan fingerprint density at radius 3 is 2.61 bits per heavy atom. The average Bonchev–Trinajstić information content (AvgIpc) is 2.76. The van der Waals surface area contributed by atoms with Crippen LogP contribution in [0.3, 0.4) is 0 Å². The number of carbonyl (C=O) groups excluding carboxylic acids is 1. The first-order chi connectivity index (χ1) is 8.72. The van der Waals surface area contributed by atoms with Crippen LogP contribution in [0.15, 0.2) is 36.7 Å². The van der Waals surface area contributed by atoms with Gasteiger partial charge >= 0.3 is 0 Å². The lowest BCUT2D eigenvalue weighted by Crippen LogP contribution is -2.07. The zero-order valence-electron chi connectivity index (χ0n) is 10.0. The fourth-order valence-electron chi connectivity index (χ4n) is 2.47. The van der Waals surface area contributed by atoms with E-state index in [0.717, 1.165) is 29.5 Å². The minimum absolute atomic E-state index is 0.222. The summed E-state index contributed by atoms with van der Waals surface area (Å²) in [7, 11) is 0. The van der Waals surface area contributed by atoms with Crippen LogP contribution >= 0.6 is 0 Å². The van der Waals surface area contributed by atoms with Gasteiger partial charge in [0.2, 0.25) is 0 Å². The molecule has 2 aromatic rings. The third kappa shape index (κ3) is 2.08. The van der Waals surface area contributed by atoms with Crippen LogP contribution in [-0.4, -0.2) is 10.4 Å². The lowest BCUT2D eigenvalue weighted by molar-refractivity contribution is 0.0973. The van der Waals surface area contributed by atoms with Gasteiger partial charge in [0.1, 0.15) is 5.82 Å². The summed E-state index contributed by atoms with van der Waals surface area (Å²) < 4.78 is 14.8. The molecule has 0 N–H and O–H groups in total. The van der Waals surface area contributed by atoms with Gasteiger partial charge in [0, 0.05) is 30.9 Å². The van der Waals surface area contributed by atoms with Gasteiger partial charge in [-0.15, -0.1) is 0 Å². The Labute approximate surface area is 105 Å². The highest BCUT2D eigenvalue weighted by atomic mass is 19.1. The van der Waals surface area contributed by atoms with Crippen LogP contribution in [0.4, 0.5) is 4.39 Å². The van der Waals surface area contributed by atoms with Crippen molar-refractivity contribution in [3.05, 3.63) is 59.2 Å². The summed E-state index contributed by atoms with van der Waals surface area (Å²) in [6.45, 7) is 0.681. The monoisotopic (exact) mass is 243 g/mol. The number of halogens is 1. The zero-order valence-corrected chi connectivity index (χ0v) is 10.0. The van der Waals surface area contributed by atoms with E-state index in [1.807, 2.05) is 17.0 Å². The Balaban J connectivity index is 1.85. The smallest absolute Gasteiger partial charge is 0.164 e. The predicted octanol–water partition coefficient (Wildman–Crippen LogP) is 3.19. The zero-order chi connectivity index (χ0) is 12.5. The molecular weight excluding hydrogens is 229 g/mol. The second-order valence-corrected chi connectivity index (χ2v) is 4.77. The number of aryl methyl sites for hydroxylation is 1. The maximum Gasteiger partial charge on any atom is 0.164 e. The van der Waals surface area contributed by atoms with Crippen LogP contribution in [0.25, 0.3) is 0 Å². The second-order valence-electron chi connectivity index (χ2n) is 4.77. The minimum Gasteiger partial charge on any atom is -0.349 e. The number of nitrogens with zero attached hydrogens (tertiary/aromatic N) is 1. The molecule has 3 rings (SSSR count). The summed E-state index contributed by atoms with van der Waals surface area (Å²) in [6, 6.07) is 6.47. The molecule has 0 saturated carbocycles. The Morgan fingerprint density at radius 1 is 1.11 bits per heavy atom. The number of aromatic nitrogens is 1. The molecule has 3 heteroatoms. The van der Waals surface area contributed by atoms with E-state index in [2.05, 4.69) is 0 Å². The molecule has 0 bridgehead atoms. The first-order valence-corrected chi connectivity index (χ1v) is 6.19. The lowest BCUT2D eigenvalue weighted by atomic mass is 9.95. The van der Waals surface area contributed by atoms with Crippen LogP contribution in [0.5, 0.6) is 0 Å². The quantitative estimate of drug-likeness (QED) is 0.794. The molecule has 0 atom stereocenters. The van der Waals surface area contributed by atoms with E-state index >= 15 is 0 Å². The molecule has 18 heavy (non-hydrogen) atoms. The topological polar surface area (TPSA) is 22.0 Å². The molecule has 1 aliphatic carbocycles. The predicted molar refractivity (Wildman–Crippen MR) is 67.2 cm³/mol.